The van der Waals surface area contributed by atoms with Gasteiger partial charge in [-0.1, -0.05) is 6.07 Å². The molecule has 2 aromatic heterocycles. The molecular weight excluding hydrogens is 587 g/mol. The maximum absolute atomic E-state index is 12.6. The van der Waals surface area contributed by atoms with Gasteiger partial charge in [-0.2, -0.15) is 29.9 Å². The zero-order valence-electron chi connectivity index (χ0n) is 23.6. The number of hydrogen-bond donors (Lipinski definition) is 3. The van der Waals surface area contributed by atoms with E-state index >= 15 is 0 Å². The van der Waals surface area contributed by atoms with E-state index in [0.717, 1.165) is 68.2 Å². The number of nitrogens with zero attached hydrogens (tertiary/aromatic N) is 5. The summed E-state index contributed by atoms with van der Waals surface area (Å²) in [7, 11) is 0. The van der Waals surface area contributed by atoms with Crippen molar-refractivity contribution in [3.8, 4) is 0 Å². The molecule has 2 aliphatic heterocycles. The molecule has 0 spiro atoms. The van der Waals surface area contributed by atoms with Crippen molar-refractivity contribution >= 4 is 52.0 Å². The maximum Gasteiger partial charge on any atom is 0.490 e. The molecule has 15 heteroatoms. The third-order valence-corrected chi connectivity index (χ3v) is 7.82. The Morgan fingerprint density at radius 2 is 1.86 bits per heavy atom. The number of carbonyl (C=O) groups is 2. The average molecular weight is 622 g/mol. The minimum atomic E-state index is -5.08. The Kier molecular flexibility index (Phi) is 10.9. The van der Waals surface area contributed by atoms with Crippen LogP contribution in [0.1, 0.15) is 12.8 Å². The van der Waals surface area contributed by atoms with Gasteiger partial charge in [0.15, 0.2) is 0 Å². The van der Waals surface area contributed by atoms with E-state index in [4.69, 9.17) is 14.9 Å². The first-order valence-electron chi connectivity index (χ1n) is 13.8. The van der Waals surface area contributed by atoms with E-state index in [0.29, 0.717) is 30.5 Å². The minimum absolute atomic E-state index is 0.0347. The predicted molar refractivity (Wildman–Crippen MR) is 160 cm³/mol. The van der Waals surface area contributed by atoms with Crippen molar-refractivity contribution in [1.29, 1.82) is 0 Å². The number of hydrogen-bond acceptors (Lipinski definition) is 9. The van der Waals surface area contributed by atoms with Crippen LogP contribution >= 0.6 is 11.8 Å². The molecule has 2 fully saturated rings. The molecule has 1 amide bonds. The SMILES string of the molecule is CSCCC(=O)N1CCN(c2cccc(Nc3ncc4ccc(=O)n(CCC5CNC5)c4n3)c2)CC1.O=C(O)C(F)(F)F. The molecule has 1 aromatic carbocycles. The lowest BCUT2D eigenvalue weighted by Gasteiger charge is -2.36. The number of alkyl halides is 3. The molecule has 0 atom stereocenters. The summed E-state index contributed by atoms with van der Waals surface area (Å²) in [5.41, 5.74) is 2.61. The summed E-state index contributed by atoms with van der Waals surface area (Å²) in [6, 6.07) is 11.6. The van der Waals surface area contributed by atoms with E-state index in [1.54, 1.807) is 34.7 Å². The Hall–Kier alpha value is -3.85. The lowest BCUT2D eigenvalue weighted by Crippen LogP contribution is -2.48. The third-order valence-electron chi connectivity index (χ3n) is 7.21. The van der Waals surface area contributed by atoms with Crippen LogP contribution in [0.5, 0.6) is 0 Å². The van der Waals surface area contributed by atoms with Gasteiger partial charge < -0.3 is 25.5 Å². The van der Waals surface area contributed by atoms with Crippen LogP contribution in [0.25, 0.3) is 11.0 Å². The number of aliphatic carboxylic acids is 1. The van der Waals surface area contributed by atoms with Gasteiger partial charge in [-0.3, -0.25) is 14.2 Å². The van der Waals surface area contributed by atoms with E-state index in [2.05, 4.69) is 32.7 Å². The van der Waals surface area contributed by atoms with Crippen molar-refractivity contribution in [1.82, 2.24) is 24.8 Å². The Labute approximate surface area is 250 Å². The van der Waals surface area contributed by atoms with Crippen molar-refractivity contribution < 1.29 is 27.9 Å². The Balaban J connectivity index is 0.000000541. The minimum Gasteiger partial charge on any atom is -0.475 e. The van der Waals surface area contributed by atoms with Crippen molar-refractivity contribution in [2.75, 3.05) is 61.5 Å². The number of nitrogens with one attached hydrogen (secondary N) is 2. The van der Waals surface area contributed by atoms with Gasteiger partial charge in [0.2, 0.25) is 11.9 Å². The first-order chi connectivity index (χ1) is 20.5. The number of fused-ring (bicyclic) bond motifs is 1. The summed E-state index contributed by atoms with van der Waals surface area (Å²) in [6.45, 7) is 5.79. The summed E-state index contributed by atoms with van der Waals surface area (Å²) in [5.74, 6) is -0.557. The highest BCUT2D eigenvalue weighted by Crippen LogP contribution is 2.24. The van der Waals surface area contributed by atoms with Crippen LogP contribution in [0.2, 0.25) is 0 Å². The molecular formula is C28H34F3N7O4S. The number of benzene rings is 1. The van der Waals surface area contributed by atoms with Gasteiger partial charge in [-0.25, -0.2) is 9.78 Å². The van der Waals surface area contributed by atoms with Crippen LogP contribution in [0, 0.1) is 5.92 Å². The number of rotatable bonds is 9. The Morgan fingerprint density at radius 1 is 1.14 bits per heavy atom. The summed E-state index contributed by atoms with van der Waals surface area (Å²) >= 11 is 1.71. The molecule has 5 rings (SSSR count). The number of pyridine rings is 1. The van der Waals surface area contributed by atoms with Crippen LogP contribution in [-0.4, -0.2) is 93.9 Å². The molecule has 2 aliphatic rings. The van der Waals surface area contributed by atoms with Crippen LogP contribution in [0.15, 0.2) is 47.4 Å². The number of piperazine rings is 1. The number of aryl methyl sites for hydroxylation is 1. The maximum atomic E-state index is 12.6. The highest BCUT2D eigenvalue weighted by molar-refractivity contribution is 7.98. The lowest BCUT2D eigenvalue weighted by atomic mass is 9.99. The molecule has 2 saturated heterocycles. The van der Waals surface area contributed by atoms with Gasteiger partial charge in [0, 0.05) is 73.9 Å². The first-order valence-corrected chi connectivity index (χ1v) is 15.2. The van der Waals surface area contributed by atoms with Gasteiger partial charge in [0.1, 0.15) is 5.65 Å². The number of halogens is 3. The molecule has 232 valence electrons. The summed E-state index contributed by atoms with van der Waals surface area (Å²) in [4.78, 5) is 47.3. The molecule has 0 saturated carbocycles. The van der Waals surface area contributed by atoms with E-state index in [-0.39, 0.29) is 11.5 Å². The molecule has 0 unspecified atom stereocenters. The van der Waals surface area contributed by atoms with E-state index in [1.165, 1.54) is 0 Å². The second-order valence-electron chi connectivity index (χ2n) is 10.2. The van der Waals surface area contributed by atoms with Gasteiger partial charge in [-0.15, -0.1) is 0 Å². The third kappa shape index (κ3) is 8.83. The van der Waals surface area contributed by atoms with Crippen LogP contribution in [-0.2, 0) is 16.1 Å². The van der Waals surface area contributed by atoms with Crippen molar-refractivity contribution in [3.05, 3.63) is 52.9 Å². The second kappa shape index (κ2) is 14.6. The number of thioether (sulfide) groups is 1. The Bertz CT molecular complexity index is 1470. The smallest absolute Gasteiger partial charge is 0.475 e. The van der Waals surface area contributed by atoms with Crippen molar-refractivity contribution in [3.63, 3.8) is 0 Å². The number of amides is 1. The number of aromatic nitrogens is 3. The fourth-order valence-electron chi connectivity index (χ4n) is 4.68. The van der Waals surface area contributed by atoms with E-state index in [9.17, 15) is 22.8 Å². The zero-order chi connectivity index (χ0) is 31.0. The number of carboxylic acid groups (broad SMARTS) is 1. The van der Waals surface area contributed by atoms with E-state index in [1.807, 2.05) is 23.3 Å². The van der Waals surface area contributed by atoms with Crippen LogP contribution < -0.4 is 21.1 Å². The first kappa shape index (κ1) is 32.1. The normalized spacial score (nSPS) is 15.4. The zero-order valence-corrected chi connectivity index (χ0v) is 24.5. The van der Waals surface area contributed by atoms with Gasteiger partial charge >= 0.3 is 12.1 Å². The molecule has 43 heavy (non-hydrogen) atoms. The highest BCUT2D eigenvalue weighted by atomic mass is 32.2. The predicted octanol–water partition coefficient (Wildman–Crippen LogP) is 3.18. The monoisotopic (exact) mass is 621 g/mol. The standard InChI is InChI=1S/C26H33N7O2S.C2HF3O2/c1-36-14-8-23(34)32-12-10-31(11-13-32)22-4-2-3-21(15-22)29-26-28-18-20-5-6-24(35)33(25(20)30-26)9-7-19-16-27-17-19;3-2(4,5)1(6)7/h2-6,15,18-19,27H,7-14,16-17H2,1H3,(H,28,29,30);(H,6,7). The summed E-state index contributed by atoms with van der Waals surface area (Å²) < 4.78 is 33.5. The largest absolute Gasteiger partial charge is 0.490 e. The molecule has 11 nitrogen and oxygen atoms in total. The Morgan fingerprint density at radius 3 is 2.49 bits per heavy atom. The van der Waals surface area contributed by atoms with Gasteiger partial charge in [0.05, 0.1) is 0 Å². The summed E-state index contributed by atoms with van der Waals surface area (Å²) in [6.07, 6.45) is 0.278. The fourth-order valence-corrected chi connectivity index (χ4v) is 5.06. The quantitative estimate of drug-likeness (QED) is 0.327. The molecule has 4 heterocycles. The van der Waals surface area contributed by atoms with Crippen LogP contribution in [0.3, 0.4) is 0 Å². The molecule has 0 aliphatic carbocycles. The lowest BCUT2D eigenvalue weighted by molar-refractivity contribution is -0.192. The highest BCUT2D eigenvalue weighted by Gasteiger charge is 2.38. The molecule has 3 aromatic rings. The second-order valence-corrected chi connectivity index (χ2v) is 11.2. The fraction of sp³-hybridized carbons (Fsp3) is 0.464. The number of carboxylic acids is 1. The molecule has 0 radical (unpaired) electrons. The molecule has 0 bridgehead atoms. The van der Waals surface area contributed by atoms with Crippen molar-refractivity contribution in [2.24, 2.45) is 5.92 Å². The molecule has 3 N–H and O–H groups in total. The number of anilines is 3. The van der Waals surface area contributed by atoms with Crippen LogP contribution in [0.4, 0.5) is 30.5 Å². The summed E-state index contributed by atoms with van der Waals surface area (Å²) in [5, 5.41) is 14.6. The van der Waals surface area contributed by atoms with Gasteiger partial charge in [-0.05, 0) is 55.9 Å². The average Bonchev–Trinajstić information content (AvgIpc) is 2.96. The topological polar surface area (TPSA) is 133 Å². The van der Waals surface area contributed by atoms with Gasteiger partial charge in [0.25, 0.3) is 5.56 Å². The van der Waals surface area contributed by atoms with Crippen molar-refractivity contribution in [2.45, 2.75) is 25.6 Å². The number of carbonyl (C=O) groups excluding carboxylic acids is 1. The van der Waals surface area contributed by atoms with E-state index < -0.39 is 12.1 Å².